The average Bonchev–Trinajstić information content (AvgIpc) is 1.88. The summed E-state index contributed by atoms with van der Waals surface area (Å²) in [6.07, 6.45) is 3.73. The first-order valence-corrected chi connectivity index (χ1v) is 4.56. The molecule has 0 aliphatic carbocycles. The maximum Gasteiger partial charge on any atom is 0.299 e. The zero-order chi connectivity index (χ0) is 7.61. The number of halogens is 1. The summed E-state index contributed by atoms with van der Waals surface area (Å²) < 4.78 is 20.9. The molecule has 0 aromatic carbocycles. The van der Waals surface area contributed by atoms with Gasteiger partial charge in [0.25, 0.3) is 14.1 Å². The van der Waals surface area contributed by atoms with Crippen molar-refractivity contribution in [3.8, 4) is 0 Å². The third-order valence-corrected chi connectivity index (χ3v) is 1.88. The third-order valence-electron chi connectivity index (χ3n) is 0.737. The third kappa shape index (κ3) is 1.65. The van der Waals surface area contributed by atoms with Gasteiger partial charge in [-0.15, -0.1) is 0 Å². The largest absolute Gasteiger partial charge is 0.299 e. The Kier molecular flexibility index (Phi) is 1.87. The highest BCUT2D eigenvalue weighted by atomic mass is 35.7. The molecule has 0 radical (unpaired) electrons. The number of allylic oxidation sites excluding steroid dienone is 2. The van der Waals surface area contributed by atoms with Crippen molar-refractivity contribution in [3.05, 3.63) is 23.5 Å². The minimum Gasteiger partial charge on any atom is -0.297 e. The highest BCUT2D eigenvalue weighted by Gasteiger charge is 2.18. The van der Waals surface area contributed by atoms with Gasteiger partial charge in [0.1, 0.15) is 6.26 Å². The molecule has 1 aliphatic heterocycles. The van der Waals surface area contributed by atoms with Gasteiger partial charge < -0.3 is 0 Å². The van der Waals surface area contributed by atoms with E-state index in [4.69, 9.17) is 10.7 Å². The molecular formula is C4H3ClO4S. The molecular weight excluding hydrogens is 180 g/mol. The van der Waals surface area contributed by atoms with Gasteiger partial charge in [0.05, 0.1) is 0 Å². The Morgan fingerprint density at radius 2 is 2.20 bits per heavy atom. The molecule has 1 aliphatic rings. The van der Waals surface area contributed by atoms with Crippen LogP contribution >= 0.6 is 10.7 Å². The van der Waals surface area contributed by atoms with E-state index in [2.05, 4.69) is 9.78 Å². The van der Waals surface area contributed by atoms with Crippen LogP contribution in [0.2, 0.25) is 0 Å². The molecule has 1 heterocycles. The summed E-state index contributed by atoms with van der Waals surface area (Å²) in [7, 11) is 1.09. The molecule has 0 saturated heterocycles. The standard InChI is InChI=1S/C4H3ClO4S/c5-10(6,7)4-2-1-3-8-9-4/h1-3H. The molecule has 0 atom stereocenters. The minimum atomic E-state index is -3.79. The molecule has 0 bridgehead atoms. The van der Waals surface area contributed by atoms with E-state index < -0.39 is 14.1 Å². The zero-order valence-electron chi connectivity index (χ0n) is 4.65. The molecule has 0 amide bonds. The highest BCUT2D eigenvalue weighted by molar-refractivity contribution is 8.16. The Hall–Kier alpha value is -0.680. The van der Waals surface area contributed by atoms with Crippen LogP contribution in [0.25, 0.3) is 0 Å². The van der Waals surface area contributed by atoms with Gasteiger partial charge in [-0.1, -0.05) is 0 Å². The van der Waals surface area contributed by atoms with Crippen molar-refractivity contribution in [3.63, 3.8) is 0 Å². The van der Waals surface area contributed by atoms with Crippen LogP contribution in [-0.4, -0.2) is 8.42 Å². The van der Waals surface area contributed by atoms with Crippen LogP contribution in [-0.2, 0) is 18.8 Å². The second kappa shape index (κ2) is 2.51. The second-order valence-corrected chi connectivity index (χ2v) is 3.93. The first-order valence-electron chi connectivity index (χ1n) is 2.25. The molecule has 56 valence electrons. The quantitative estimate of drug-likeness (QED) is 0.446. The molecule has 0 aromatic heterocycles. The fraction of sp³-hybridized carbons (Fsp3) is 0. The fourth-order valence-corrected chi connectivity index (χ4v) is 0.968. The van der Waals surface area contributed by atoms with Crippen molar-refractivity contribution >= 4 is 19.7 Å². The Balaban J connectivity index is 2.93. The summed E-state index contributed by atoms with van der Waals surface area (Å²) in [5, 5.41) is -0.406. The van der Waals surface area contributed by atoms with Gasteiger partial charge in [-0.2, -0.15) is 0 Å². The molecule has 4 nitrogen and oxygen atoms in total. The molecule has 0 aromatic rings. The van der Waals surface area contributed by atoms with Gasteiger partial charge in [0.15, 0.2) is 0 Å². The zero-order valence-corrected chi connectivity index (χ0v) is 6.22. The van der Waals surface area contributed by atoms with Crippen LogP contribution < -0.4 is 0 Å². The molecule has 0 fully saturated rings. The van der Waals surface area contributed by atoms with Crippen LogP contribution in [0.15, 0.2) is 23.5 Å². The van der Waals surface area contributed by atoms with Crippen molar-refractivity contribution < 1.29 is 18.2 Å². The van der Waals surface area contributed by atoms with Crippen molar-refractivity contribution in [1.29, 1.82) is 0 Å². The summed E-state index contributed by atoms with van der Waals surface area (Å²) in [4.78, 5) is 8.39. The van der Waals surface area contributed by atoms with Gasteiger partial charge >= 0.3 is 0 Å². The Morgan fingerprint density at radius 3 is 2.50 bits per heavy atom. The summed E-state index contributed by atoms with van der Waals surface area (Å²) in [5.74, 6) is 0. The lowest BCUT2D eigenvalue weighted by Gasteiger charge is -2.04. The summed E-state index contributed by atoms with van der Waals surface area (Å²) in [6.45, 7) is 0. The fourth-order valence-electron chi connectivity index (χ4n) is 0.375. The van der Waals surface area contributed by atoms with Gasteiger partial charge in [0.2, 0.25) is 0 Å². The van der Waals surface area contributed by atoms with E-state index >= 15 is 0 Å². The van der Waals surface area contributed by atoms with E-state index in [1.165, 1.54) is 18.4 Å². The average molecular weight is 183 g/mol. The Morgan fingerprint density at radius 1 is 1.50 bits per heavy atom. The predicted octanol–water partition coefficient (Wildman–Crippen LogP) is 0.872. The highest BCUT2D eigenvalue weighted by Crippen LogP contribution is 2.16. The van der Waals surface area contributed by atoms with E-state index in [1.54, 1.807) is 0 Å². The summed E-state index contributed by atoms with van der Waals surface area (Å²) in [5.41, 5.74) is 0. The second-order valence-electron chi connectivity index (χ2n) is 1.43. The first-order chi connectivity index (χ1) is 4.61. The van der Waals surface area contributed by atoms with Gasteiger partial charge in [0, 0.05) is 16.8 Å². The summed E-state index contributed by atoms with van der Waals surface area (Å²) >= 11 is 0. The lowest BCUT2D eigenvalue weighted by molar-refractivity contribution is -0.204. The van der Waals surface area contributed by atoms with Gasteiger partial charge in [-0.3, -0.25) is 9.78 Å². The molecule has 0 unspecified atom stereocenters. The predicted molar refractivity (Wildman–Crippen MR) is 34.2 cm³/mol. The molecule has 10 heavy (non-hydrogen) atoms. The number of rotatable bonds is 1. The molecule has 1 rings (SSSR count). The van der Waals surface area contributed by atoms with Crippen LogP contribution in [0.4, 0.5) is 0 Å². The SMILES string of the molecule is O=S(=O)(Cl)C1=CC=COO1. The lowest BCUT2D eigenvalue weighted by Crippen LogP contribution is -2.01. The molecule has 0 N–H and O–H groups in total. The van der Waals surface area contributed by atoms with E-state index in [1.807, 2.05) is 0 Å². The lowest BCUT2D eigenvalue weighted by atomic mass is 10.6. The normalized spacial score (nSPS) is 17.1. The number of hydrogen-bond donors (Lipinski definition) is 0. The molecule has 6 heteroatoms. The summed E-state index contributed by atoms with van der Waals surface area (Å²) in [6, 6.07) is 0. The van der Waals surface area contributed by atoms with E-state index in [9.17, 15) is 8.42 Å². The monoisotopic (exact) mass is 182 g/mol. The van der Waals surface area contributed by atoms with Gasteiger partial charge in [-0.25, -0.2) is 8.42 Å². The van der Waals surface area contributed by atoms with Crippen molar-refractivity contribution in [2.24, 2.45) is 0 Å². The first kappa shape index (κ1) is 7.43. The van der Waals surface area contributed by atoms with E-state index in [0.717, 1.165) is 0 Å². The van der Waals surface area contributed by atoms with E-state index in [0.29, 0.717) is 0 Å². The molecule has 0 saturated carbocycles. The van der Waals surface area contributed by atoms with E-state index in [-0.39, 0.29) is 0 Å². The van der Waals surface area contributed by atoms with Gasteiger partial charge in [-0.05, 0) is 6.08 Å². The van der Waals surface area contributed by atoms with Crippen molar-refractivity contribution in [1.82, 2.24) is 0 Å². The van der Waals surface area contributed by atoms with Crippen LogP contribution in [0.1, 0.15) is 0 Å². The topological polar surface area (TPSA) is 52.6 Å². The Labute approximate surface area is 62.0 Å². The minimum absolute atomic E-state index is 0.406. The number of hydrogen-bond acceptors (Lipinski definition) is 4. The van der Waals surface area contributed by atoms with Crippen molar-refractivity contribution in [2.75, 3.05) is 0 Å². The van der Waals surface area contributed by atoms with Crippen LogP contribution in [0, 0.1) is 0 Å². The van der Waals surface area contributed by atoms with Crippen LogP contribution in [0.5, 0.6) is 0 Å². The smallest absolute Gasteiger partial charge is 0.297 e. The maximum absolute atomic E-state index is 10.4. The Bertz CT molecular complexity index is 276. The van der Waals surface area contributed by atoms with Crippen molar-refractivity contribution in [2.45, 2.75) is 0 Å². The maximum atomic E-state index is 10.4. The molecule has 0 spiro atoms. The van der Waals surface area contributed by atoms with Crippen LogP contribution in [0.3, 0.4) is 0 Å².